The zero-order valence-electron chi connectivity index (χ0n) is 9.80. The number of hydrogen-bond acceptors (Lipinski definition) is 1. The summed E-state index contributed by atoms with van der Waals surface area (Å²) in [4.78, 5) is 0. The van der Waals surface area contributed by atoms with E-state index in [1.54, 1.807) is 6.20 Å². The summed E-state index contributed by atoms with van der Waals surface area (Å²) >= 11 is 0. The summed E-state index contributed by atoms with van der Waals surface area (Å²) in [5.74, 6) is 0. The van der Waals surface area contributed by atoms with Crippen molar-refractivity contribution in [1.82, 2.24) is 0 Å². The number of nitrogens with two attached hydrogens (primary N) is 1. The molecule has 0 amide bonds. The average Bonchev–Trinajstić information content (AvgIpc) is 2.21. The molecule has 0 fully saturated rings. The Kier molecular flexibility index (Phi) is 12.1. The minimum absolute atomic E-state index is 1.16. The van der Waals surface area contributed by atoms with Gasteiger partial charge in [0, 0.05) is 0 Å². The van der Waals surface area contributed by atoms with Crippen LogP contribution in [0.1, 0.15) is 71.1 Å². The van der Waals surface area contributed by atoms with Gasteiger partial charge in [-0.1, -0.05) is 64.4 Å². The van der Waals surface area contributed by atoms with Crippen molar-refractivity contribution in [2.24, 2.45) is 5.73 Å². The standard InChI is InChI=1S/C13H27N/c1-2-3-4-5-6-7-8-9-10-11-12-13-14/h12-13H,2-11,14H2,1H3/b13-12-. The minimum atomic E-state index is 1.16. The first-order valence-corrected chi connectivity index (χ1v) is 6.28. The lowest BCUT2D eigenvalue weighted by Crippen LogP contribution is -1.81. The summed E-state index contributed by atoms with van der Waals surface area (Å²) in [6.45, 7) is 2.27. The van der Waals surface area contributed by atoms with Gasteiger partial charge >= 0.3 is 0 Å². The summed E-state index contributed by atoms with van der Waals surface area (Å²) in [6.07, 6.45) is 17.5. The minimum Gasteiger partial charge on any atom is -0.405 e. The van der Waals surface area contributed by atoms with Crippen LogP contribution in [0.3, 0.4) is 0 Å². The molecule has 0 saturated carbocycles. The van der Waals surface area contributed by atoms with E-state index in [4.69, 9.17) is 5.73 Å². The van der Waals surface area contributed by atoms with Crippen molar-refractivity contribution in [2.75, 3.05) is 0 Å². The van der Waals surface area contributed by atoms with Gasteiger partial charge in [-0.3, -0.25) is 0 Å². The number of hydrogen-bond donors (Lipinski definition) is 1. The highest BCUT2D eigenvalue weighted by Crippen LogP contribution is 2.10. The van der Waals surface area contributed by atoms with Crippen molar-refractivity contribution in [3.05, 3.63) is 12.3 Å². The Morgan fingerprint density at radius 2 is 1.29 bits per heavy atom. The quantitative estimate of drug-likeness (QED) is 0.517. The van der Waals surface area contributed by atoms with Crippen LogP contribution in [0, 0.1) is 0 Å². The second-order valence-corrected chi connectivity index (χ2v) is 4.05. The van der Waals surface area contributed by atoms with Crippen LogP contribution in [0.15, 0.2) is 12.3 Å². The van der Waals surface area contributed by atoms with E-state index in [0.717, 1.165) is 6.42 Å². The van der Waals surface area contributed by atoms with E-state index in [9.17, 15) is 0 Å². The normalized spacial score (nSPS) is 11.2. The van der Waals surface area contributed by atoms with Crippen LogP contribution in [-0.2, 0) is 0 Å². The highest BCUT2D eigenvalue weighted by atomic mass is 14.5. The molecule has 0 aromatic rings. The largest absolute Gasteiger partial charge is 0.405 e. The molecule has 0 spiro atoms. The van der Waals surface area contributed by atoms with E-state index >= 15 is 0 Å². The topological polar surface area (TPSA) is 26.0 Å². The SMILES string of the molecule is CCCCCCCCCCC/C=C\N. The number of allylic oxidation sites excluding steroid dienone is 1. The van der Waals surface area contributed by atoms with Crippen molar-refractivity contribution in [3.63, 3.8) is 0 Å². The Balaban J connectivity index is 2.85. The maximum Gasteiger partial charge on any atom is -0.0103 e. The Bertz CT molecular complexity index is 118. The van der Waals surface area contributed by atoms with Crippen LogP contribution >= 0.6 is 0 Å². The predicted molar refractivity (Wildman–Crippen MR) is 65.2 cm³/mol. The van der Waals surface area contributed by atoms with Gasteiger partial charge in [0.15, 0.2) is 0 Å². The second kappa shape index (κ2) is 12.5. The molecule has 0 unspecified atom stereocenters. The van der Waals surface area contributed by atoms with Crippen LogP contribution in [0.4, 0.5) is 0 Å². The van der Waals surface area contributed by atoms with E-state index in [1.165, 1.54) is 57.8 Å². The first-order chi connectivity index (χ1) is 6.91. The molecule has 0 aliphatic rings. The van der Waals surface area contributed by atoms with Gasteiger partial charge in [0.05, 0.1) is 0 Å². The lowest BCUT2D eigenvalue weighted by Gasteiger charge is -2.00. The van der Waals surface area contributed by atoms with Crippen molar-refractivity contribution in [2.45, 2.75) is 71.1 Å². The van der Waals surface area contributed by atoms with Crippen LogP contribution in [0.5, 0.6) is 0 Å². The summed E-state index contributed by atoms with van der Waals surface area (Å²) in [5.41, 5.74) is 5.26. The third kappa shape index (κ3) is 11.5. The molecule has 0 aliphatic heterocycles. The van der Waals surface area contributed by atoms with Gasteiger partial charge in [0.25, 0.3) is 0 Å². The second-order valence-electron chi connectivity index (χ2n) is 4.05. The van der Waals surface area contributed by atoms with E-state index in [0.29, 0.717) is 0 Å². The molecular formula is C13H27N. The molecule has 2 N–H and O–H groups in total. The van der Waals surface area contributed by atoms with Crippen LogP contribution in [0.25, 0.3) is 0 Å². The fraction of sp³-hybridized carbons (Fsp3) is 0.846. The molecule has 0 rings (SSSR count). The molecule has 0 heterocycles. The van der Waals surface area contributed by atoms with E-state index in [-0.39, 0.29) is 0 Å². The van der Waals surface area contributed by atoms with E-state index in [1.807, 2.05) is 0 Å². The van der Waals surface area contributed by atoms with Gasteiger partial charge in [-0.05, 0) is 19.0 Å². The summed E-state index contributed by atoms with van der Waals surface area (Å²) in [5, 5.41) is 0. The zero-order valence-corrected chi connectivity index (χ0v) is 9.80. The van der Waals surface area contributed by atoms with Crippen molar-refractivity contribution in [1.29, 1.82) is 0 Å². The van der Waals surface area contributed by atoms with Gasteiger partial charge in [0.2, 0.25) is 0 Å². The predicted octanol–water partition coefficient (Wildman–Crippen LogP) is 4.38. The number of unbranched alkanes of at least 4 members (excludes halogenated alkanes) is 9. The van der Waals surface area contributed by atoms with Crippen molar-refractivity contribution < 1.29 is 0 Å². The fourth-order valence-electron chi connectivity index (χ4n) is 1.67. The van der Waals surface area contributed by atoms with Crippen molar-refractivity contribution in [3.8, 4) is 0 Å². The Labute approximate surface area is 89.8 Å². The monoisotopic (exact) mass is 197 g/mol. The molecule has 0 aromatic carbocycles. The summed E-state index contributed by atoms with van der Waals surface area (Å²) < 4.78 is 0. The highest BCUT2D eigenvalue weighted by Gasteiger charge is 1.90. The van der Waals surface area contributed by atoms with Gasteiger partial charge < -0.3 is 5.73 Å². The lowest BCUT2D eigenvalue weighted by atomic mass is 10.1. The van der Waals surface area contributed by atoms with Gasteiger partial charge in [-0.15, -0.1) is 0 Å². The first-order valence-electron chi connectivity index (χ1n) is 6.28. The molecule has 0 atom stereocenters. The summed E-state index contributed by atoms with van der Waals surface area (Å²) in [7, 11) is 0. The smallest absolute Gasteiger partial charge is 0.0103 e. The molecule has 1 heteroatoms. The van der Waals surface area contributed by atoms with Crippen LogP contribution in [-0.4, -0.2) is 0 Å². The molecule has 1 nitrogen and oxygen atoms in total. The zero-order chi connectivity index (χ0) is 10.5. The summed E-state index contributed by atoms with van der Waals surface area (Å²) in [6, 6.07) is 0. The lowest BCUT2D eigenvalue weighted by molar-refractivity contribution is 0.566. The third-order valence-electron chi connectivity index (χ3n) is 2.61. The maximum atomic E-state index is 5.26. The highest BCUT2D eigenvalue weighted by molar-refractivity contribution is 4.74. The first kappa shape index (κ1) is 13.5. The Hall–Kier alpha value is -0.460. The molecular weight excluding hydrogens is 170 g/mol. The molecule has 0 aliphatic carbocycles. The fourth-order valence-corrected chi connectivity index (χ4v) is 1.67. The van der Waals surface area contributed by atoms with Crippen molar-refractivity contribution >= 4 is 0 Å². The Morgan fingerprint density at radius 1 is 0.786 bits per heavy atom. The van der Waals surface area contributed by atoms with Gasteiger partial charge in [-0.2, -0.15) is 0 Å². The van der Waals surface area contributed by atoms with Crippen LogP contribution < -0.4 is 5.73 Å². The maximum absolute atomic E-state index is 5.26. The number of rotatable bonds is 10. The van der Waals surface area contributed by atoms with Gasteiger partial charge in [0.1, 0.15) is 0 Å². The van der Waals surface area contributed by atoms with Gasteiger partial charge in [-0.25, -0.2) is 0 Å². The molecule has 0 aromatic heterocycles. The van der Waals surface area contributed by atoms with E-state index < -0.39 is 0 Å². The third-order valence-corrected chi connectivity index (χ3v) is 2.61. The molecule has 0 saturated heterocycles. The average molecular weight is 197 g/mol. The molecule has 0 radical (unpaired) electrons. The molecule has 14 heavy (non-hydrogen) atoms. The molecule has 84 valence electrons. The Morgan fingerprint density at radius 3 is 1.79 bits per heavy atom. The molecule has 0 bridgehead atoms. The van der Waals surface area contributed by atoms with E-state index in [2.05, 4.69) is 13.0 Å². The van der Waals surface area contributed by atoms with Crippen LogP contribution in [0.2, 0.25) is 0 Å².